The number of nitrogens with one attached hydrogen (secondary N) is 1. The number of carbonyl (C=O) groups is 2. The minimum Gasteiger partial charge on any atom is -0.352 e. The van der Waals surface area contributed by atoms with Crippen LogP contribution < -0.4 is 5.32 Å². The van der Waals surface area contributed by atoms with Crippen LogP contribution in [-0.2, 0) is 28.3 Å². The van der Waals surface area contributed by atoms with Crippen molar-refractivity contribution in [3.05, 3.63) is 106 Å². The van der Waals surface area contributed by atoms with Crippen molar-refractivity contribution >= 4 is 35.2 Å². The maximum atomic E-state index is 14.6. The highest BCUT2D eigenvalue weighted by molar-refractivity contribution is 7.99. The summed E-state index contributed by atoms with van der Waals surface area (Å²) >= 11 is 7.67. The molecule has 3 aromatic carbocycles. The molecule has 3 rings (SSSR count). The fourth-order valence-corrected chi connectivity index (χ4v) is 4.89. The Kier molecular flexibility index (Phi) is 10.2. The molecule has 1 unspecified atom stereocenters. The number of thioether (sulfide) groups is 1. The van der Waals surface area contributed by atoms with E-state index in [1.54, 1.807) is 18.2 Å². The molecule has 0 aromatic heterocycles. The van der Waals surface area contributed by atoms with E-state index in [4.69, 9.17) is 11.6 Å². The smallest absolute Gasteiger partial charge is 0.243 e. The summed E-state index contributed by atoms with van der Waals surface area (Å²) in [5.74, 6) is -0.202. The number of hydrogen-bond donors (Lipinski definition) is 1. The highest BCUT2D eigenvalue weighted by Gasteiger charge is 2.31. The predicted octanol–water partition coefficient (Wildman–Crippen LogP) is 5.88. The Balaban J connectivity index is 1.86. The van der Waals surface area contributed by atoms with Crippen molar-refractivity contribution in [2.75, 3.05) is 5.75 Å². The molecule has 0 bridgehead atoms. The molecule has 0 saturated carbocycles. The van der Waals surface area contributed by atoms with E-state index in [1.807, 2.05) is 68.4 Å². The second-order valence-corrected chi connectivity index (χ2v) is 9.96. The molecule has 2 amide bonds. The van der Waals surface area contributed by atoms with Crippen LogP contribution in [-0.4, -0.2) is 34.6 Å². The van der Waals surface area contributed by atoms with E-state index in [2.05, 4.69) is 5.32 Å². The molecule has 0 spiro atoms. The molecular weight excluding hydrogens is 483 g/mol. The van der Waals surface area contributed by atoms with Crippen LogP contribution in [0.4, 0.5) is 4.39 Å². The van der Waals surface area contributed by atoms with Crippen molar-refractivity contribution in [3.63, 3.8) is 0 Å². The average Bonchev–Trinajstić information content (AvgIpc) is 2.83. The topological polar surface area (TPSA) is 49.4 Å². The Morgan fingerprint density at radius 1 is 0.943 bits per heavy atom. The monoisotopic (exact) mass is 512 g/mol. The fraction of sp³-hybridized carbons (Fsp3) is 0.286. The zero-order valence-electron chi connectivity index (χ0n) is 19.9. The van der Waals surface area contributed by atoms with E-state index >= 15 is 0 Å². The number of carbonyl (C=O) groups excluding carboxylic acids is 2. The summed E-state index contributed by atoms with van der Waals surface area (Å²) in [6.45, 7) is 3.75. The summed E-state index contributed by atoms with van der Waals surface area (Å²) in [5.41, 5.74) is 2.23. The first-order valence-electron chi connectivity index (χ1n) is 11.5. The molecule has 0 aliphatic heterocycles. The molecule has 1 N–H and O–H groups in total. The molecule has 7 heteroatoms. The van der Waals surface area contributed by atoms with Gasteiger partial charge in [0, 0.05) is 35.3 Å². The van der Waals surface area contributed by atoms with Crippen molar-refractivity contribution in [1.29, 1.82) is 0 Å². The van der Waals surface area contributed by atoms with E-state index in [-0.39, 0.29) is 30.2 Å². The summed E-state index contributed by atoms with van der Waals surface area (Å²) in [6.07, 6.45) is 0.328. The van der Waals surface area contributed by atoms with E-state index in [0.29, 0.717) is 22.8 Å². The predicted molar refractivity (Wildman–Crippen MR) is 142 cm³/mol. The van der Waals surface area contributed by atoms with Gasteiger partial charge >= 0.3 is 0 Å². The Hall–Kier alpha value is -2.83. The molecular formula is C28H30ClFN2O2S. The van der Waals surface area contributed by atoms with E-state index < -0.39 is 11.9 Å². The molecule has 3 aromatic rings. The maximum absolute atomic E-state index is 14.6. The molecule has 0 aliphatic rings. The highest BCUT2D eigenvalue weighted by atomic mass is 35.5. The van der Waals surface area contributed by atoms with Gasteiger partial charge in [-0.1, -0.05) is 78.3 Å². The number of rotatable bonds is 11. The molecule has 0 heterocycles. The summed E-state index contributed by atoms with van der Waals surface area (Å²) < 4.78 is 14.6. The first-order chi connectivity index (χ1) is 16.8. The van der Waals surface area contributed by atoms with Crippen molar-refractivity contribution in [3.8, 4) is 0 Å². The highest BCUT2D eigenvalue weighted by Crippen LogP contribution is 2.23. The number of amides is 2. The lowest BCUT2D eigenvalue weighted by atomic mass is 10.0. The molecule has 0 fully saturated rings. The molecule has 1 atom stereocenters. The van der Waals surface area contributed by atoms with Gasteiger partial charge in [-0.3, -0.25) is 9.59 Å². The Bertz CT molecular complexity index is 1130. The van der Waals surface area contributed by atoms with E-state index in [9.17, 15) is 14.0 Å². The number of benzene rings is 3. The van der Waals surface area contributed by atoms with Crippen LogP contribution in [0.2, 0.25) is 5.02 Å². The lowest BCUT2D eigenvalue weighted by Gasteiger charge is -2.32. The summed E-state index contributed by atoms with van der Waals surface area (Å²) in [7, 11) is 0. The summed E-state index contributed by atoms with van der Waals surface area (Å²) in [5, 5.41) is 3.58. The van der Waals surface area contributed by atoms with Gasteiger partial charge in [0.2, 0.25) is 11.8 Å². The number of halogens is 2. The SMILES string of the molecule is CC(C)NC(=O)C(Cc1ccccc1)N(Cc1ccccc1F)C(=O)CSCc1ccccc1Cl. The Labute approximate surface area is 215 Å². The molecule has 4 nitrogen and oxygen atoms in total. The van der Waals surface area contributed by atoms with Gasteiger partial charge in [0.25, 0.3) is 0 Å². The molecule has 0 radical (unpaired) electrons. The zero-order chi connectivity index (χ0) is 25.2. The van der Waals surface area contributed by atoms with Crippen molar-refractivity contribution in [2.24, 2.45) is 0 Å². The second-order valence-electron chi connectivity index (χ2n) is 8.57. The van der Waals surface area contributed by atoms with Gasteiger partial charge in [0.1, 0.15) is 11.9 Å². The van der Waals surface area contributed by atoms with Crippen molar-refractivity contribution in [2.45, 2.75) is 44.6 Å². The van der Waals surface area contributed by atoms with Gasteiger partial charge in [0.15, 0.2) is 0 Å². The quantitative estimate of drug-likeness (QED) is 0.349. The molecule has 184 valence electrons. The first-order valence-corrected chi connectivity index (χ1v) is 13.1. The largest absolute Gasteiger partial charge is 0.352 e. The maximum Gasteiger partial charge on any atom is 0.243 e. The van der Waals surface area contributed by atoms with E-state index in [1.165, 1.54) is 22.7 Å². The zero-order valence-corrected chi connectivity index (χ0v) is 21.5. The fourth-order valence-electron chi connectivity index (χ4n) is 3.69. The number of nitrogens with zero attached hydrogens (tertiary/aromatic N) is 1. The first kappa shape index (κ1) is 26.8. The van der Waals surface area contributed by atoms with Gasteiger partial charge in [-0.15, -0.1) is 11.8 Å². The van der Waals surface area contributed by atoms with Crippen LogP contribution in [0.15, 0.2) is 78.9 Å². The normalized spacial score (nSPS) is 11.8. The third-order valence-electron chi connectivity index (χ3n) is 5.44. The van der Waals surface area contributed by atoms with Gasteiger partial charge in [-0.2, -0.15) is 0 Å². The minimum absolute atomic E-state index is 0.00117. The van der Waals surface area contributed by atoms with Crippen LogP contribution in [0.5, 0.6) is 0 Å². The Morgan fingerprint density at radius 2 is 1.57 bits per heavy atom. The standard InChI is InChI=1S/C28H30ClFN2O2S/c1-20(2)31-28(34)26(16-21-10-4-3-5-11-21)32(17-22-12-7-9-15-25(22)30)27(33)19-35-18-23-13-6-8-14-24(23)29/h3-15,20,26H,16-19H2,1-2H3,(H,31,34). The summed E-state index contributed by atoms with van der Waals surface area (Å²) in [4.78, 5) is 28.3. The number of hydrogen-bond acceptors (Lipinski definition) is 3. The third-order valence-corrected chi connectivity index (χ3v) is 6.78. The van der Waals surface area contributed by atoms with Gasteiger partial charge in [-0.25, -0.2) is 4.39 Å². The lowest BCUT2D eigenvalue weighted by molar-refractivity contribution is -0.139. The van der Waals surface area contributed by atoms with Crippen LogP contribution in [0.1, 0.15) is 30.5 Å². The summed E-state index contributed by atoms with van der Waals surface area (Å²) in [6, 6.07) is 22.5. The van der Waals surface area contributed by atoms with Crippen LogP contribution >= 0.6 is 23.4 Å². The van der Waals surface area contributed by atoms with E-state index in [0.717, 1.165) is 11.1 Å². The van der Waals surface area contributed by atoms with Crippen molar-refractivity contribution < 1.29 is 14.0 Å². The van der Waals surface area contributed by atoms with Crippen molar-refractivity contribution in [1.82, 2.24) is 10.2 Å². The molecule has 35 heavy (non-hydrogen) atoms. The Morgan fingerprint density at radius 3 is 2.23 bits per heavy atom. The van der Waals surface area contributed by atoms with Gasteiger partial charge < -0.3 is 10.2 Å². The average molecular weight is 513 g/mol. The second kappa shape index (κ2) is 13.3. The molecule has 0 saturated heterocycles. The molecule has 0 aliphatic carbocycles. The lowest BCUT2D eigenvalue weighted by Crippen LogP contribution is -2.52. The minimum atomic E-state index is -0.784. The van der Waals surface area contributed by atoms with Gasteiger partial charge in [0.05, 0.1) is 5.75 Å². The van der Waals surface area contributed by atoms with Crippen LogP contribution in [0.25, 0.3) is 0 Å². The van der Waals surface area contributed by atoms with Crippen LogP contribution in [0.3, 0.4) is 0 Å². The van der Waals surface area contributed by atoms with Gasteiger partial charge in [-0.05, 0) is 37.1 Å². The third kappa shape index (κ3) is 8.11. The van der Waals surface area contributed by atoms with Crippen LogP contribution in [0, 0.1) is 5.82 Å².